The van der Waals surface area contributed by atoms with E-state index in [0.717, 1.165) is 41.2 Å². The van der Waals surface area contributed by atoms with Gasteiger partial charge in [-0.1, -0.05) is 37.6 Å². The summed E-state index contributed by atoms with van der Waals surface area (Å²) in [6.07, 6.45) is 3.70. The van der Waals surface area contributed by atoms with Gasteiger partial charge in [-0.05, 0) is 66.6 Å². The zero-order chi connectivity index (χ0) is 27.6. The number of anilines is 1. The lowest BCUT2D eigenvalue weighted by molar-refractivity contribution is -0.119. The van der Waals surface area contributed by atoms with Crippen molar-refractivity contribution >= 4 is 17.5 Å². The minimum Gasteiger partial charge on any atom is -0.497 e. The number of hydrogen-bond donors (Lipinski definition) is 0. The Labute approximate surface area is 233 Å². The first-order valence-electron chi connectivity index (χ1n) is 13.5. The van der Waals surface area contributed by atoms with Crippen molar-refractivity contribution in [1.29, 1.82) is 0 Å². The molecule has 3 heterocycles. The van der Waals surface area contributed by atoms with Crippen LogP contribution < -0.4 is 19.1 Å². The zero-order valence-corrected chi connectivity index (χ0v) is 22.6. The summed E-state index contributed by atoms with van der Waals surface area (Å²) >= 11 is 0. The van der Waals surface area contributed by atoms with Crippen LogP contribution in [0.15, 0.2) is 85.1 Å². The van der Waals surface area contributed by atoms with Crippen LogP contribution in [0.25, 0.3) is 5.69 Å². The van der Waals surface area contributed by atoms with Crippen LogP contribution in [-0.4, -0.2) is 48.3 Å². The normalized spacial score (nSPS) is 14.8. The molecule has 0 aliphatic carbocycles. The lowest BCUT2D eigenvalue weighted by Crippen LogP contribution is -2.47. The fourth-order valence-corrected chi connectivity index (χ4v) is 5.42. The lowest BCUT2D eigenvalue weighted by Gasteiger charge is -2.39. The Hall–Kier alpha value is -4.72. The summed E-state index contributed by atoms with van der Waals surface area (Å²) < 4.78 is 18.4. The molecule has 40 heavy (non-hydrogen) atoms. The van der Waals surface area contributed by atoms with Crippen LogP contribution >= 0.6 is 0 Å². The van der Waals surface area contributed by atoms with Gasteiger partial charge in [0.05, 0.1) is 24.2 Å². The summed E-state index contributed by atoms with van der Waals surface area (Å²) in [6, 6.07) is 24.5. The third kappa shape index (κ3) is 4.55. The van der Waals surface area contributed by atoms with Gasteiger partial charge in [0.2, 0.25) is 12.7 Å². The number of benzene rings is 3. The number of amides is 2. The van der Waals surface area contributed by atoms with E-state index in [4.69, 9.17) is 14.2 Å². The number of rotatable bonds is 8. The highest BCUT2D eigenvalue weighted by atomic mass is 16.7. The van der Waals surface area contributed by atoms with E-state index in [2.05, 4.69) is 11.5 Å². The monoisotopic (exact) mass is 537 g/mol. The van der Waals surface area contributed by atoms with Crippen LogP contribution in [0.4, 0.5) is 5.69 Å². The molecule has 2 aliphatic rings. The van der Waals surface area contributed by atoms with Crippen LogP contribution in [0.2, 0.25) is 0 Å². The molecule has 1 aromatic heterocycles. The number of aromatic nitrogens is 1. The first kappa shape index (κ1) is 25.6. The van der Waals surface area contributed by atoms with Gasteiger partial charge in [-0.25, -0.2) is 0 Å². The molecule has 0 N–H and O–H groups in total. The van der Waals surface area contributed by atoms with Crippen molar-refractivity contribution in [3.8, 4) is 22.9 Å². The number of ether oxygens (including phenoxy) is 3. The SMILES string of the molecule is CCCCN(CC(=O)N1c2ccccc2-n2cccc2C1c1ccc(OC)cc1)C(=O)c1ccc2c(c1)OCO2. The molecule has 1 atom stereocenters. The summed E-state index contributed by atoms with van der Waals surface area (Å²) in [7, 11) is 1.63. The number of methoxy groups -OCH3 is 1. The van der Waals surface area contributed by atoms with Crippen molar-refractivity contribution < 1.29 is 23.8 Å². The molecule has 0 saturated heterocycles. The van der Waals surface area contributed by atoms with Gasteiger partial charge in [0, 0.05) is 18.3 Å². The summed E-state index contributed by atoms with van der Waals surface area (Å²) in [5.41, 5.74) is 4.10. The second kappa shape index (κ2) is 10.8. The van der Waals surface area contributed by atoms with E-state index < -0.39 is 0 Å². The average molecular weight is 538 g/mol. The second-order valence-electron chi connectivity index (χ2n) is 9.88. The fraction of sp³-hybridized carbons (Fsp3) is 0.250. The van der Waals surface area contributed by atoms with E-state index in [-0.39, 0.29) is 31.2 Å². The maximum Gasteiger partial charge on any atom is 0.254 e. The smallest absolute Gasteiger partial charge is 0.254 e. The summed E-state index contributed by atoms with van der Waals surface area (Å²) in [5, 5.41) is 0. The van der Waals surface area contributed by atoms with Crippen molar-refractivity contribution in [3.05, 3.63) is 102 Å². The number of para-hydroxylation sites is 2. The van der Waals surface area contributed by atoms with Crippen LogP contribution in [0.5, 0.6) is 17.2 Å². The molecule has 0 fully saturated rings. The summed E-state index contributed by atoms with van der Waals surface area (Å²) in [4.78, 5) is 31.6. The third-order valence-electron chi connectivity index (χ3n) is 7.43. The maximum atomic E-state index is 14.3. The lowest BCUT2D eigenvalue weighted by atomic mass is 9.97. The molecular formula is C32H31N3O5. The van der Waals surface area contributed by atoms with Gasteiger partial charge in [0.15, 0.2) is 11.5 Å². The van der Waals surface area contributed by atoms with Crippen LogP contribution in [0, 0.1) is 0 Å². The number of carbonyl (C=O) groups is 2. The second-order valence-corrected chi connectivity index (χ2v) is 9.88. The Kier molecular flexibility index (Phi) is 6.90. The highest BCUT2D eigenvalue weighted by molar-refractivity contribution is 6.03. The molecule has 0 bridgehead atoms. The number of carbonyl (C=O) groups excluding carboxylic acids is 2. The first-order valence-corrected chi connectivity index (χ1v) is 13.5. The van der Waals surface area contributed by atoms with Gasteiger partial charge >= 0.3 is 0 Å². The third-order valence-corrected chi connectivity index (χ3v) is 7.43. The fourth-order valence-electron chi connectivity index (χ4n) is 5.42. The van der Waals surface area contributed by atoms with Gasteiger partial charge in [0.1, 0.15) is 18.3 Å². The molecule has 6 rings (SSSR count). The van der Waals surface area contributed by atoms with E-state index in [9.17, 15) is 9.59 Å². The van der Waals surface area contributed by atoms with Crippen molar-refractivity contribution in [2.75, 3.05) is 31.9 Å². The largest absolute Gasteiger partial charge is 0.497 e. The highest BCUT2D eigenvalue weighted by Gasteiger charge is 2.37. The molecule has 4 aromatic rings. The quantitative estimate of drug-likeness (QED) is 0.293. The number of hydrogen-bond acceptors (Lipinski definition) is 5. The van der Waals surface area contributed by atoms with E-state index >= 15 is 0 Å². The number of fused-ring (bicyclic) bond motifs is 4. The Morgan fingerprint density at radius 2 is 1.73 bits per heavy atom. The maximum absolute atomic E-state index is 14.3. The molecule has 0 spiro atoms. The summed E-state index contributed by atoms with van der Waals surface area (Å²) in [6.45, 7) is 2.61. The van der Waals surface area contributed by atoms with Crippen LogP contribution in [0.1, 0.15) is 47.4 Å². The van der Waals surface area contributed by atoms with Crippen LogP contribution in [-0.2, 0) is 4.79 Å². The predicted octanol–water partition coefficient (Wildman–Crippen LogP) is 5.59. The van der Waals surface area contributed by atoms with Crippen molar-refractivity contribution in [3.63, 3.8) is 0 Å². The molecule has 2 amide bonds. The Bertz CT molecular complexity index is 1540. The minimum absolute atomic E-state index is 0.0605. The first-order chi connectivity index (χ1) is 19.6. The van der Waals surface area contributed by atoms with Crippen molar-refractivity contribution in [2.24, 2.45) is 0 Å². The average Bonchev–Trinajstić information content (AvgIpc) is 3.68. The topological polar surface area (TPSA) is 73.2 Å². The predicted molar refractivity (Wildman–Crippen MR) is 151 cm³/mol. The highest BCUT2D eigenvalue weighted by Crippen LogP contribution is 2.42. The molecular weight excluding hydrogens is 506 g/mol. The molecule has 2 aliphatic heterocycles. The molecule has 8 nitrogen and oxygen atoms in total. The van der Waals surface area contributed by atoms with Crippen LogP contribution in [0.3, 0.4) is 0 Å². The Morgan fingerprint density at radius 1 is 0.950 bits per heavy atom. The number of unbranched alkanes of at least 4 members (excludes halogenated alkanes) is 1. The standard InChI is InChI=1S/C32H31N3O5/c1-3-4-17-33(32(37)23-13-16-28-29(19-23)40-21-39-28)20-30(36)35-26-9-6-5-8-25(26)34-18-7-10-27(34)31(35)22-11-14-24(38-2)15-12-22/h5-16,18-19,31H,3-4,17,20-21H2,1-2H3. The zero-order valence-electron chi connectivity index (χ0n) is 22.6. The number of nitrogens with zero attached hydrogens (tertiary/aromatic N) is 3. The van der Waals surface area contributed by atoms with E-state index in [1.54, 1.807) is 30.2 Å². The molecule has 1 unspecified atom stereocenters. The van der Waals surface area contributed by atoms with Crippen molar-refractivity contribution in [2.45, 2.75) is 25.8 Å². The summed E-state index contributed by atoms with van der Waals surface area (Å²) in [5.74, 6) is 1.52. The van der Waals surface area contributed by atoms with Gasteiger partial charge in [0.25, 0.3) is 5.91 Å². The molecule has 0 radical (unpaired) electrons. The van der Waals surface area contributed by atoms with Gasteiger partial charge in [-0.3, -0.25) is 14.5 Å². The van der Waals surface area contributed by atoms with E-state index in [0.29, 0.717) is 23.6 Å². The minimum atomic E-state index is -0.378. The van der Waals surface area contributed by atoms with E-state index in [1.807, 2.05) is 71.8 Å². The van der Waals surface area contributed by atoms with Gasteiger partial charge in [-0.15, -0.1) is 0 Å². The molecule has 3 aromatic carbocycles. The molecule has 8 heteroatoms. The van der Waals surface area contributed by atoms with Crippen molar-refractivity contribution in [1.82, 2.24) is 9.47 Å². The molecule has 0 saturated carbocycles. The Morgan fingerprint density at radius 3 is 2.50 bits per heavy atom. The Balaban J connectivity index is 1.37. The van der Waals surface area contributed by atoms with E-state index in [1.165, 1.54) is 0 Å². The van der Waals surface area contributed by atoms with Gasteiger partial charge in [-0.2, -0.15) is 0 Å². The van der Waals surface area contributed by atoms with Gasteiger partial charge < -0.3 is 23.7 Å². The molecule has 204 valence electrons.